The molecule has 0 spiro atoms. The molecule has 0 bridgehead atoms. The predicted octanol–water partition coefficient (Wildman–Crippen LogP) is 4.50. The molecule has 4 nitrogen and oxygen atoms in total. The molecule has 1 aromatic carbocycles. The largest absolute Gasteiger partial charge is 0.249 e. The smallest absolute Gasteiger partial charge is 0.244 e. The van der Waals surface area contributed by atoms with Crippen molar-refractivity contribution in [2.45, 2.75) is 47.8 Å². The Morgan fingerprint density at radius 3 is 2.28 bits per heavy atom. The Morgan fingerprint density at radius 2 is 1.68 bits per heavy atom. The van der Waals surface area contributed by atoms with Gasteiger partial charge in [-0.15, -0.1) is 0 Å². The molecule has 2 aromatic rings. The lowest BCUT2D eigenvalue weighted by molar-refractivity contribution is 0.423. The number of hydrogen-bond donors (Lipinski definition) is 0. The average molecular weight is 377 g/mol. The normalized spacial score (nSPS) is 17.8. The van der Waals surface area contributed by atoms with Crippen LogP contribution in [0.25, 0.3) is 0 Å². The summed E-state index contributed by atoms with van der Waals surface area (Å²) in [6, 6.07) is 13.7. The number of hydrogen-bond acceptors (Lipinski definition) is 4. The molecule has 1 saturated heterocycles. The third kappa shape index (κ3) is 4.63. The Labute approximate surface area is 154 Å². The summed E-state index contributed by atoms with van der Waals surface area (Å²) in [6.07, 6.45) is 5.60. The lowest BCUT2D eigenvalue weighted by Crippen LogP contribution is -2.32. The van der Waals surface area contributed by atoms with Gasteiger partial charge in [0.25, 0.3) is 0 Å². The summed E-state index contributed by atoms with van der Waals surface area (Å²) in [5.41, 5.74) is 1.23. The zero-order chi connectivity index (χ0) is 17.7. The van der Waals surface area contributed by atoms with Gasteiger partial charge in [0.15, 0.2) is 0 Å². The van der Waals surface area contributed by atoms with Crippen LogP contribution in [-0.2, 0) is 10.0 Å². The summed E-state index contributed by atoms with van der Waals surface area (Å²) in [5, 5.41) is 1.10. The van der Waals surface area contributed by atoms with E-state index in [9.17, 15) is 8.42 Å². The summed E-state index contributed by atoms with van der Waals surface area (Å²) < 4.78 is 27.2. The van der Waals surface area contributed by atoms with E-state index in [1.165, 1.54) is 11.8 Å². The number of thioether (sulfide) groups is 1. The van der Waals surface area contributed by atoms with Crippen molar-refractivity contribution < 1.29 is 8.42 Å². The molecule has 0 N–H and O–H groups in total. The molecule has 0 amide bonds. The molecule has 1 fully saturated rings. The third-order valence-electron chi connectivity index (χ3n) is 4.48. The summed E-state index contributed by atoms with van der Waals surface area (Å²) in [6.45, 7) is 3.36. The highest BCUT2D eigenvalue weighted by molar-refractivity contribution is 7.99. The van der Waals surface area contributed by atoms with Crippen LogP contribution in [0.4, 0.5) is 0 Å². The van der Waals surface area contributed by atoms with Crippen LogP contribution < -0.4 is 0 Å². The molecule has 0 saturated carbocycles. The first-order valence-electron chi connectivity index (χ1n) is 8.75. The van der Waals surface area contributed by atoms with Crippen molar-refractivity contribution in [3.05, 3.63) is 54.2 Å². The van der Waals surface area contributed by atoms with Gasteiger partial charge in [-0.05, 0) is 37.5 Å². The van der Waals surface area contributed by atoms with Crippen LogP contribution in [0.5, 0.6) is 0 Å². The Hall–Kier alpha value is -1.37. The molecule has 0 radical (unpaired) electrons. The summed E-state index contributed by atoms with van der Waals surface area (Å²) in [4.78, 5) is 4.68. The summed E-state index contributed by atoms with van der Waals surface area (Å²) >= 11 is 1.64. The van der Waals surface area contributed by atoms with Gasteiger partial charge in [0.05, 0.1) is 5.03 Å². The first-order chi connectivity index (χ1) is 12.1. The lowest BCUT2D eigenvalue weighted by atomic mass is 10.2. The van der Waals surface area contributed by atoms with Crippen molar-refractivity contribution in [3.8, 4) is 0 Å². The van der Waals surface area contributed by atoms with E-state index < -0.39 is 10.0 Å². The van der Waals surface area contributed by atoms with Crippen LogP contribution in [0.1, 0.15) is 43.4 Å². The molecule has 1 aliphatic heterocycles. The molecule has 1 atom stereocenters. The highest BCUT2D eigenvalue weighted by Gasteiger charge is 2.25. The number of pyridine rings is 1. The highest BCUT2D eigenvalue weighted by atomic mass is 32.2. The van der Waals surface area contributed by atoms with Crippen molar-refractivity contribution in [1.29, 1.82) is 0 Å². The van der Waals surface area contributed by atoms with Crippen LogP contribution in [0.15, 0.2) is 58.6 Å². The van der Waals surface area contributed by atoms with Crippen molar-refractivity contribution in [2.24, 2.45) is 0 Å². The SMILES string of the molecule is CC(Sc1ccc(S(=O)(=O)N2CCCCCC2)cn1)c1ccccc1. The molecule has 0 aliphatic carbocycles. The van der Waals surface area contributed by atoms with Gasteiger partial charge in [-0.3, -0.25) is 0 Å². The first-order valence-corrected chi connectivity index (χ1v) is 11.1. The van der Waals surface area contributed by atoms with Crippen molar-refractivity contribution in [2.75, 3.05) is 13.1 Å². The average Bonchev–Trinajstić information content (AvgIpc) is 2.93. The van der Waals surface area contributed by atoms with E-state index in [2.05, 4.69) is 24.0 Å². The summed E-state index contributed by atoms with van der Waals surface area (Å²) in [5.74, 6) is 0. The number of sulfonamides is 1. The second kappa shape index (κ2) is 8.34. The van der Waals surface area contributed by atoms with Gasteiger partial charge in [-0.2, -0.15) is 4.31 Å². The monoisotopic (exact) mass is 376 g/mol. The zero-order valence-corrected chi connectivity index (χ0v) is 16.1. The van der Waals surface area contributed by atoms with Gasteiger partial charge in [-0.1, -0.05) is 54.9 Å². The fourth-order valence-corrected chi connectivity index (χ4v) is 5.37. The molecule has 134 valence electrons. The topological polar surface area (TPSA) is 50.3 Å². The van der Waals surface area contributed by atoms with E-state index in [0.29, 0.717) is 18.0 Å². The van der Waals surface area contributed by atoms with Crippen molar-refractivity contribution in [3.63, 3.8) is 0 Å². The second-order valence-corrected chi connectivity index (χ2v) is 9.62. The predicted molar refractivity (Wildman–Crippen MR) is 102 cm³/mol. The molecule has 2 heterocycles. The van der Waals surface area contributed by atoms with Gasteiger partial charge < -0.3 is 0 Å². The molecule has 1 unspecified atom stereocenters. The minimum Gasteiger partial charge on any atom is -0.249 e. The van der Waals surface area contributed by atoms with Gasteiger partial charge in [0.1, 0.15) is 4.90 Å². The fraction of sp³-hybridized carbons (Fsp3) is 0.421. The molecular weight excluding hydrogens is 352 g/mol. The van der Waals surface area contributed by atoms with E-state index in [1.54, 1.807) is 22.1 Å². The maximum absolute atomic E-state index is 12.8. The number of aromatic nitrogens is 1. The van der Waals surface area contributed by atoms with Gasteiger partial charge >= 0.3 is 0 Å². The van der Waals surface area contributed by atoms with Crippen LogP contribution in [0, 0.1) is 0 Å². The second-order valence-electron chi connectivity index (χ2n) is 6.32. The Bertz CT molecular complexity index is 769. The summed E-state index contributed by atoms with van der Waals surface area (Å²) in [7, 11) is -3.42. The quantitative estimate of drug-likeness (QED) is 0.721. The Morgan fingerprint density at radius 1 is 1.00 bits per heavy atom. The molecule has 6 heteroatoms. The highest BCUT2D eigenvalue weighted by Crippen LogP contribution is 2.33. The minimum absolute atomic E-state index is 0.266. The van der Waals surface area contributed by atoms with Gasteiger partial charge in [0.2, 0.25) is 10.0 Å². The Kier molecular flexibility index (Phi) is 6.15. The molecular formula is C19H24N2O2S2. The van der Waals surface area contributed by atoms with Crippen LogP contribution in [0.2, 0.25) is 0 Å². The maximum atomic E-state index is 12.8. The fourth-order valence-electron chi connectivity index (χ4n) is 2.99. The third-order valence-corrected chi connectivity index (χ3v) is 7.47. The van der Waals surface area contributed by atoms with E-state index >= 15 is 0 Å². The molecule has 1 aromatic heterocycles. The number of rotatable bonds is 5. The van der Waals surface area contributed by atoms with E-state index in [0.717, 1.165) is 30.7 Å². The van der Waals surface area contributed by atoms with Crippen LogP contribution >= 0.6 is 11.8 Å². The van der Waals surface area contributed by atoms with Gasteiger partial charge in [-0.25, -0.2) is 13.4 Å². The lowest BCUT2D eigenvalue weighted by Gasteiger charge is -2.19. The number of benzene rings is 1. The minimum atomic E-state index is -3.42. The van der Waals surface area contributed by atoms with E-state index in [1.807, 2.05) is 24.3 Å². The van der Waals surface area contributed by atoms with Gasteiger partial charge in [0, 0.05) is 24.5 Å². The standard InChI is InChI=1S/C19H24N2O2S2/c1-16(17-9-5-4-6-10-17)24-19-12-11-18(15-20-19)25(22,23)21-13-7-2-3-8-14-21/h4-6,9-12,15-16H,2-3,7-8,13-14H2,1H3. The van der Waals surface area contributed by atoms with E-state index in [4.69, 9.17) is 0 Å². The van der Waals surface area contributed by atoms with Crippen LogP contribution in [-0.4, -0.2) is 30.8 Å². The molecule has 1 aliphatic rings. The first kappa shape index (κ1) is 18.4. The zero-order valence-electron chi connectivity index (χ0n) is 14.5. The van der Waals surface area contributed by atoms with Crippen molar-refractivity contribution in [1.82, 2.24) is 9.29 Å². The molecule has 25 heavy (non-hydrogen) atoms. The number of nitrogens with zero attached hydrogens (tertiary/aromatic N) is 2. The maximum Gasteiger partial charge on any atom is 0.244 e. The molecule has 3 rings (SSSR count). The van der Waals surface area contributed by atoms with E-state index in [-0.39, 0.29) is 5.25 Å². The van der Waals surface area contributed by atoms with Crippen molar-refractivity contribution >= 4 is 21.8 Å². The van der Waals surface area contributed by atoms with Crippen LogP contribution in [0.3, 0.4) is 0 Å². The Balaban J connectivity index is 1.71.